The summed E-state index contributed by atoms with van der Waals surface area (Å²) in [4.78, 5) is 10.6. The van der Waals surface area contributed by atoms with Crippen molar-refractivity contribution in [2.75, 3.05) is 13.2 Å². The monoisotopic (exact) mass is 455 g/mol. The summed E-state index contributed by atoms with van der Waals surface area (Å²) in [6, 6.07) is 0. The van der Waals surface area contributed by atoms with E-state index in [2.05, 4.69) is 0 Å². The van der Waals surface area contributed by atoms with Gasteiger partial charge in [0.1, 0.15) is 48.8 Å². The Morgan fingerprint density at radius 3 is 2.00 bits per heavy atom. The van der Waals surface area contributed by atoms with E-state index in [4.69, 9.17) is 18.9 Å². The molecule has 0 aromatic heterocycles. The van der Waals surface area contributed by atoms with Crippen LogP contribution in [-0.4, -0.2) is 122 Å². The minimum Gasteiger partial charge on any atom is -0.550 e. The first kappa shape index (κ1) is 26.3. The lowest BCUT2D eigenvalue weighted by atomic mass is 9.97. The van der Waals surface area contributed by atoms with Crippen LogP contribution in [0.25, 0.3) is 0 Å². The number of ether oxygens (including phenoxy) is 4. The molecule has 0 amide bonds. The number of hydrogen-bond acceptors (Lipinski definition) is 13. The van der Waals surface area contributed by atoms with Gasteiger partial charge in [0, 0.05) is 5.97 Å². The largest absolute Gasteiger partial charge is 0.550 e. The van der Waals surface area contributed by atoms with Gasteiger partial charge >= 0.3 is 0 Å². The standard InChI is InChI=1S/C18H32O13/c1-7(3-2-4-10(21)22)28-18-16(14(26)12(24)9(6-20)30-18)31-17-15(27)13(25)11(23)8(5-19)29-17/h7-9,11-20,23-27H,2-6H2,1H3,(H,21,22)/p-1. The van der Waals surface area contributed by atoms with Gasteiger partial charge in [0.15, 0.2) is 12.6 Å². The van der Waals surface area contributed by atoms with Crippen molar-refractivity contribution in [2.45, 2.75) is 93.7 Å². The predicted molar refractivity (Wildman–Crippen MR) is 95.8 cm³/mol. The summed E-state index contributed by atoms with van der Waals surface area (Å²) in [6.07, 6.45) is -15.6. The molecular formula is C18H31O13-. The predicted octanol–water partition coefficient (Wildman–Crippen LogP) is -5.06. The van der Waals surface area contributed by atoms with Gasteiger partial charge < -0.3 is 64.6 Å². The Bertz CT molecular complexity index is 561. The third kappa shape index (κ3) is 6.52. The van der Waals surface area contributed by atoms with Gasteiger partial charge in [-0.1, -0.05) is 0 Å². The molecule has 2 heterocycles. The van der Waals surface area contributed by atoms with Gasteiger partial charge in [0.25, 0.3) is 0 Å². The summed E-state index contributed by atoms with van der Waals surface area (Å²) < 4.78 is 21.9. The van der Waals surface area contributed by atoms with Gasteiger partial charge in [-0.25, -0.2) is 0 Å². The van der Waals surface area contributed by atoms with Crippen LogP contribution in [-0.2, 0) is 23.7 Å². The van der Waals surface area contributed by atoms with Crippen molar-refractivity contribution in [1.29, 1.82) is 0 Å². The molecule has 2 rings (SSSR count). The Hall–Kier alpha value is -0.970. The fraction of sp³-hybridized carbons (Fsp3) is 0.944. The molecule has 0 aromatic carbocycles. The van der Waals surface area contributed by atoms with Crippen LogP contribution in [0.3, 0.4) is 0 Å². The number of carbonyl (C=O) groups is 1. The Balaban J connectivity index is 2.12. The second kappa shape index (κ2) is 11.8. The van der Waals surface area contributed by atoms with Crippen LogP contribution in [0, 0.1) is 0 Å². The number of carbonyl (C=O) groups excluding carboxylic acids is 1. The average molecular weight is 455 g/mol. The summed E-state index contributed by atoms with van der Waals surface area (Å²) in [7, 11) is 0. The lowest BCUT2D eigenvalue weighted by Gasteiger charge is -2.46. The fourth-order valence-corrected chi connectivity index (χ4v) is 3.48. The molecule has 182 valence electrons. The van der Waals surface area contributed by atoms with E-state index >= 15 is 0 Å². The van der Waals surface area contributed by atoms with Crippen LogP contribution in [0.2, 0.25) is 0 Å². The molecule has 2 fully saturated rings. The van der Waals surface area contributed by atoms with Crippen LogP contribution >= 0.6 is 0 Å². The second-order valence-corrected chi connectivity index (χ2v) is 7.72. The van der Waals surface area contributed by atoms with E-state index in [-0.39, 0.29) is 19.3 Å². The molecule has 0 aromatic rings. The minimum absolute atomic E-state index is 0.190. The molecule has 0 saturated carbocycles. The third-order valence-electron chi connectivity index (χ3n) is 5.32. The maximum absolute atomic E-state index is 10.6. The molecule has 13 nitrogen and oxygen atoms in total. The lowest BCUT2D eigenvalue weighted by Crippen LogP contribution is -2.64. The van der Waals surface area contributed by atoms with Crippen LogP contribution < -0.4 is 5.11 Å². The average Bonchev–Trinajstić information content (AvgIpc) is 2.72. The molecule has 0 bridgehead atoms. The Labute approximate surface area is 178 Å². The van der Waals surface area contributed by atoms with Gasteiger partial charge in [0.2, 0.25) is 0 Å². The van der Waals surface area contributed by atoms with Crippen molar-refractivity contribution < 1.29 is 64.6 Å². The van der Waals surface area contributed by atoms with Crippen molar-refractivity contribution in [3.8, 4) is 0 Å². The van der Waals surface area contributed by atoms with Gasteiger partial charge in [-0.15, -0.1) is 0 Å². The molecular weight excluding hydrogens is 424 g/mol. The number of carboxylic acid groups (broad SMARTS) is 1. The van der Waals surface area contributed by atoms with E-state index in [1.807, 2.05) is 0 Å². The van der Waals surface area contributed by atoms with E-state index in [0.29, 0.717) is 0 Å². The number of rotatable bonds is 10. The molecule has 0 spiro atoms. The molecule has 13 heteroatoms. The zero-order chi connectivity index (χ0) is 23.3. The van der Waals surface area contributed by atoms with E-state index < -0.39 is 86.7 Å². The van der Waals surface area contributed by atoms with Crippen LogP contribution in [0.5, 0.6) is 0 Å². The number of hydrogen-bond donors (Lipinski definition) is 7. The highest BCUT2D eigenvalue weighted by atomic mass is 16.8. The van der Waals surface area contributed by atoms with Crippen LogP contribution in [0.4, 0.5) is 0 Å². The Kier molecular flexibility index (Phi) is 9.98. The van der Waals surface area contributed by atoms with Gasteiger partial charge in [0.05, 0.1) is 19.3 Å². The Morgan fingerprint density at radius 2 is 1.45 bits per heavy atom. The number of aliphatic carboxylic acids is 1. The molecule has 2 aliphatic heterocycles. The first-order valence-corrected chi connectivity index (χ1v) is 10.0. The topological polar surface area (TPSA) is 219 Å². The lowest BCUT2D eigenvalue weighted by molar-refractivity contribution is -0.371. The highest BCUT2D eigenvalue weighted by Gasteiger charge is 2.51. The van der Waals surface area contributed by atoms with Crippen molar-refractivity contribution in [1.82, 2.24) is 0 Å². The fourth-order valence-electron chi connectivity index (χ4n) is 3.48. The molecule has 2 aliphatic rings. The van der Waals surface area contributed by atoms with Crippen molar-refractivity contribution in [2.24, 2.45) is 0 Å². The molecule has 11 unspecified atom stereocenters. The molecule has 2 saturated heterocycles. The second-order valence-electron chi connectivity index (χ2n) is 7.72. The van der Waals surface area contributed by atoms with Gasteiger partial charge in [-0.05, 0) is 26.2 Å². The third-order valence-corrected chi connectivity index (χ3v) is 5.32. The van der Waals surface area contributed by atoms with E-state index in [1.165, 1.54) is 0 Å². The maximum Gasteiger partial charge on any atom is 0.187 e. The molecule has 11 atom stereocenters. The molecule has 7 N–H and O–H groups in total. The first-order chi connectivity index (χ1) is 14.6. The molecule has 31 heavy (non-hydrogen) atoms. The maximum atomic E-state index is 10.6. The first-order valence-electron chi connectivity index (χ1n) is 10.0. The summed E-state index contributed by atoms with van der Waals surface area (Å²) in [6.45, 7) is 0.262. The number of carboxylic acids is 1. The van der Waals surface area contributed by atoms with Crippen LogP contribution in [0.15, 0.2) is 0 Å². The molecule has 0 aliphatic carbocycles. The van der Waals surface area contributed by atoms with Crippen LogP contribution in [0.1, 0.15) is 26.2 Å². The minimum atomic E-state index is -1.76. The highest BCUT2D eigenvalue weighted by Crippen LogP contribution is 2.30. The summed E-state index contributed by atoms with van der Waals surface area (Å²) in [5.41, 5.74) is 0. The van der Waals surface area contributed by atoms with Crippen molar-refractivity contribution >= 4 is 5.97 Å². The summed E-state index contributed by atoms with van der Waals surface area (Å²) in [5, 5.41) is 79.9. The summed E-state index contributed by atoms with van der Waals surface area (Å²) >= 11 is 0. The quantitative estimate of drug-likeness (QED) is 0.164. The highest BCUT2D eigenvalue weighted by molar-refractivity contribution is 5.64. The Morgan fingerprint density at radius 1 is 0.903 bits per heavy atom. The molecule has 0 radical (unpaired) electrons. The van der Waals surface area contributed by atoms with Crippen molar-refractivity contribution in [3.05, 3.63) is 0 Å². The smallest absolute Gasteiger partial charge is 0.187 e. The SMILES string of the molecule is CC(CCCC(=O)[O-])OC1OC(CO)C(O)C(O)C1OC1OC(CO)C(O)C(O)C1O. The van der Waals surface area contributed by atoms with Gasteiger partial charge in [-0.2, -0.15) is 0 Å². The zero-order valence-corrected chi connectivity index (χ0v) is 17.0. The van der Waals surface area contributed by atoms with E-state index in [1.54, 1.807) is 6.92 Å². The summed E-state index contributed by atoms with van der Waals surface area (Å²) in [5.74, 6) is -1.22. The van der Waals surface area contributed by atoms with Gasteiger partial charge in [-0.3, -0.25) is 0 Å². The normalized spacial score (nSPS) is 42.3. The zero-order valence-electron chi connectivity index (χ0n) is 17.0. The van der Waals surface area contributed by atoms with E-state index in [9.17, 15) is 45.6 Å². The van der Waals surface area contributed by atoms with E-state index in [0.717, 1.165) is 0 Å². The number of aliphatic hydroxyl groups excluding tert-OH is 7. The van der Waals surface area contributed by atoms with Crippen molar-refractivity contribution in [3.63, 3.8) is 0 Å². The number of aliphatic hydroxyl groups is 7.